The van der Waals surface area contributed by atoms with E-state index in [0.29, 0.717) is 32.6 Å². The maximum Gasteiger partial charge on any atom is 0.252 e. The highest BCUT2D eigenvalue weighted by Gasteiger charge is 2.30. The molecule has 28 heavy (non-hydrogen) atoms. The molecule has 1 aromatic carbocycles. The number of rotatable bonds is 7. The molecule has 0 spiro atoms. The number of nitrogens with one attached hydrogen (secondary N) is 1. The number of carbonyl (C=O) groups is 1. The lowest BCUT2D eigenvalue weighted by molar-refractivity contribution is 0.0952. The Hall–Kier alpha value is -1.61. The molecule has 1 saturated heterocycles. The number of benzene rings is 1. The first kappa shape index (κ1) is 21.1. The molecule has 0 aliphatic carbocycles. The van der Waals surface area contributed by atoms with Crippen LogP contribution < -0.4 is 5.32 Å². The normalized spacial score (nSPS) is 15.1. The number of aryl methyl sites for hydroxylation is 2. The van der Waals surface area contributed by atoms with Gasteiger partial charge >= 0.3 is 0 Å². The molecule has 0 bridgehead atoms. The number of halogens is 2. The first-order valence-electron chi connectivity index (χ1n) is 9.05. The summed E-state index contributed by atoms with van der Waals surface area (Å²) >= 11 is 12.3. The summed E-state index contributed by atoms with van der Waals surface area (Å²) in [6.07, 6.45) is 6.00. The summed E-state index contributed by atoms with van der Waals surface area (Å²) < 4.78 is 28.8. The van der Waals surface area contributed by atoms with E-state index in [0.717, 1.165) is 18.4 Å². The van der Waals surface area contributed by atoms with E-state index in [1.165, 1.54) is 16.4 Å². The van der Waals surface area contributed by atoms with Crippen molar-refractivity contribution in [1.29, 1.82) is 0 Å². The largest absolute Gasteiger partial charge is 0.352 e. The Balaban J connectivity index is 1.69. The maximum absolute atomic E-state index is 12.8. The fourth-order valence-electron chi connectivity index (χ4n) is 3.10. The van der Waals surface area contributed by atoms with Gasteiger partial charge in [0, 0.05) is 32.4 Å². The van der Waals surface area contributed by atoms with Crippen molar-refractivity contribution in [2.75, 3.05) is 19.6 Å². The number of nitrogens with zero attached hydrogens (tertiary/aromatic N) is 3. The van der Waals surface area contributed by atoms with Crippen molar-refractivity contribution in [3.63, 3.8) is 0 Å². The Kier molecular flexibility index (Phi) is 6.65. The van der Waals surface area contributed by atoms with E-state index >= 15 is 0 Å². The van der Waals surface area contributed by atoms with Crippen molar-refractivity contribution < 1.29 is 13.2 Å². The van der Waals surface area contributed by atoms with Gasteiger partial charge in [0.2, 0.25) is 10.0 Å². The lowest BCUT2D eigenvalue weighted by Gasteiger charge is -2.17. The predicted molar refractivity (Wildman–Crippen MR) is 108 cm³/mol. The number of hydrogen-bond donors (Lipinski definition) is 1. The van der Waals surface area contributed by atoms with Crippen LogP contribution in [-0.4, -0.2) is 48.0 Å². The first-order chi connectivity index (χ1) is 13.3. The van der Waals surface area contributed by atoms with Crippen LogP contribution in [0, 0.1) is 6.92 Å². The second-order valence-corrected chi connectivity index (χ2v) is 9.48. The number of hydrogen-bond acceptors (Lipinski definition) is 4. The quantitative estimate of drug-likeness (QED) is 0.664. The number of amides is 1. The van der Waals surface area contributed by atoms with Crippen LogP contribution in [0.1, 0.15) is 35.2 Å². The minimum Gasteiger partial charge on any atom is -0.352 e. The zero-order valence-corrected chi connectivity index (χ0v) is 17.8. The van der Waals surface area contributed by atoms with Crippen molar-refractivity contribution in [3.8, 4) is 0 Å². The van der Waals surface area contributed by atoms with Crippen molar-refractivity contribution in [2.24, 2.45) is 0 Å². The molecule has 1 fully saturated rings. The zero-order valence-electron chi connectivity index (χ0n) is 15.5. The van der Waals surface area contributed by atoms with Crippen LogP contribution in [0.15, 0.2) is 29.4 Å². The summed E-state index contributed by atoms with van der Waals surface area (Å²) in [5, 5.41) is 7.09. The van der Waals surface area contributed by atoms with Crippen LogP contribution in [0.2, 0.25) is 10.0 Å². The van der Waals surface area contributed by atoms with Gasteiger partial charge in [-0.15, -0.1) is 0 Å². The van der Waals surface area contributed by atoms with Crippen molar-refractivity contribution >= 4 is 39.1 Å². The third-order valence-electron chi connectivity index (χ3n) is 4.56. The van der Waals surface area contributed by atoms with E-state index in [4.69, 9.17) is 23.2 Å². The highest BCUT2D eigenvalue weighted by molar-refractivity contribution is 7.89. The van der Waals surface area contributed by atoms with Crippen molar-refractivity contribution in [1.82, 2.24) is 19.4 Å². The van der Waals surface area contributed by atoms with Crippen molar-refractivity contribution in [3.05, 3.63) is 45.7 Å². The van der Waals surface area contributed by atoms with Crippen LogP contribution in [0.25, 0.3) is 0 Å². The van der Waals surface area contributed by atoms with Crippen LogP contribution >= 0.6 is 23.2 Å². The number of carbonyl (C=O) groups excluding carboxylic acids is 1. The summed E-state index contributed by atoms with van der Waals surface area (Å²) in [5.41, 5.74) is 1.17. The van der Waals surface area contributed by atoms with Crippen molar-refractivity contribution in [2.45, 2.75) is 37.6 Å². The topological polar surface area (TPSA) is 84.3 Å². The second-order valence-electron chi connectivity index (χ2n) is 6.76. The minimum absolute atomic E-state index is 0.0162. The molecule has 0 unspecified atom stereocenters. The Morgan fingerprint density at radius 2 is 1.93 bits per heavy atom. The Bertz CT molecular complexity index is 969. The van der Waals surface area contributed by atoms with Gasteiger partial charge in [-0.1, -0.05) is 23.2 Å². The molecule has 3 rings (SSSR count). The summed E-state index contributed by atoms with van der Waals surface area (Å²) in [7, 11) is -3.75. The average Bonchev–Trinajstić information content (AvgIpc) is 3.30. The summed E-state index contributed by atoms with van der Waals surface area (Å²) in [6.45, 7) is 3.94. The van der Waals surface area contributed by atoms with Gasteiger partial charge < -0.3 is 5.32 Å². The molecule has 1 aliphatic heterocycles. The lowest BCUT2D eigenvalue weighted by atomic mass is 10.2. The van der Waals surface area contributed by atoms with E-state index in [1.54, 1.807) is 10.9 Å². The van der Waals surface area contributed by atoms with Gasteiger partial charge in [0.1, 0.15) is 4.90 Å². The monoisotopic (exact) mass is 444 g/mol. The predicted octanol–water partition coefficient (Wildman–Crippen LogP) is 3.10. The third-order valence-corrected chi connectivity index (χ3v) is 7.24. The second kappa shape index (κ2) is 8.82. The van der Waals surface area contributed by atoms with Crippen LogP contribution in [0.5, 0.6) is 0 Å². The number of aromatic nitrogens is 2. The molecule has 2 heterocycles. The fraction of sp³-hybridized carbons (Fsp3) is 0.444. The fourth-order valence-corrected chi connectivity index (χ4v) is 5.45. The van der Waals surface area contributed by atoms with Gasteiger partial charge in [0.15, 0.2) is 0 Å². The summed E-state index contributed by atoms with van der Waals surface area (Å²) in [6, 6.07) is 2.58. The Morgan fingerprint density at radius 3 is 2.57 bits per heavy atom. The van der Waals surface area contributed by atoms with Gasteiger partial charge in [-0.05, 0) is 43.9 Å². The van der Waals surface area contributed by atoms with Crippen LogP contribution in [0.3, 0.4) is 0 Å². The highest BCUT2D eigenvalue weighted by Crippen LogP contribution is 2.32. The Labute approximate surface area is 174 Å². The van der Waals surface area contributed by atoms with E-state index in [9.17, 15) is 13.2 Å². The third kappa shape index (κ3) is 4.68. The zero-order chi connectivity index (χ0) is 20.3. The van der Waals surface area contributed by atoms with Gasteiger partial charge in [-0.2, -0.15) is 9.40 Å². The first-order valence-corrected chi connectivity index (χ1v) is 11.2. The molecule has 1 aromatic heterocycles. The molecule has 10 heteroatoms. The Morgan fingerprint density at radius 1 is 1.21 bits per heavy atom. The molecule has 2 aromatic rings. The van der Waals surface area contributed by atoms with E-state index in [1.807, 2.05) is 13.1 Å². The van der Waals surface area contributed by atoms with Gasteiger partial charge in [0.05, 0.1) is 21.8 Å². The number of sulfonamides is 1. The molecule has 0 saturated carbocycles. The van der Waals surface area contributed by atoms with E-state index in [-0.39, 0.29) is 20.5 Å². The molecular formula is C18H22Cl2N4O3S. The molecule has 152 valence electrons. The molecule has 7 nitrogen and oxygen atoms in total. The molecule has 1 amide bonds. The van der Waals surface area contributed by atoms with E-state index in [2.05, 4.69) is 10.4 Å². The summed E-state index contributed by atoms with van der Waals surface area (Å²) in [5.74, 6) is -0.434. The van der Waals surface area contributed by atoms with Gasteiger partial charge in [0.25, 0.3) is 5.91 Å². The van der Waals surface area contributed by atoms with Crippen LogP contribution in [0.4, 0.5) is 0 Å². The lowest BCUT2D eigenvalue weighted by Crippen LogP contribution is -2.29. The molecule has 0 radical (unpaired) electrons. The average molecular weight is 445 g/mol. The summed E-state index contributed by atoms with van der Waals surface area (Å²) in [4.78, 5) is 12.4. The van der Waals surface area contributed by atoms with Crippen LogP contribution in [-0.2, 0) is 16.6 Å². The molecule has 1 N–H and O–H groups in total. The highest BCUT2D eigenvalue weighted by atomic mass is 35.5. The minimum atomic E-state index is -3.75. The standard InChI is InChI=1S/C18H22Cl2N4O3S/c1-13-11-22-23(12-13)6-4-5-21-18(25)14-9-17(16(20)10-15(14)19)28(26,27)24-7-2-3-8-24/h9-12H,2-8H2,1H3,(H,21,25). The maximum atomic E-state index is 12.8. The smallest absolute Gasteiger partial charge is 0.252 e. The molecule has 0 atom stereocenters. The van der Waals surface area contributed by atoms with E-state index < -0.39 is 15.9 Å². The molecular weight excluding hydrogens is 423 g/mol. The van der Waals surface area contributed by atoms with Gasteiger partial charge in [-0.25, -0.2) is 8.42 Å². The van der Waals surface area contributed by atoms with Gasteiger partial charge in [-0.3, -0.25) is 9.48 Å². The SMILES string of the molecule is Cc1cnn(CCCNC(=O)c2cc(S(=O)(=O)N3CCCC3)c(Cl)cc2Cl)c1. The molecule has 1 aliphatic rings.